The van der Waals surface area contributed by atoms with Crippen LogP contribution >= 0.6 is 27.5 Å². The van der Waals surface area contributed by atoms with Gasteiger partial charge in [0.1, 0.15) is 0 Å². The number of hydrogen-bond donors (Lipinski definition) is 2. The Bertz CT molecular complexity index is 322. The monoisotopic (exact) mass is 318 g/mol. The Labute approximate surface area is 117 Å². The van der Waals surface area contributed by atoms with Crippen LogP contribution in [0.25, 0.3) is 0 Å². The van der Waals surface area contributed by atoms with Gasteiger partial charge in [-0.25, -0.2) is 0 Å². The van der Waals surface area contributed by atoms with E-state index in [1.165, 1.54) is 5.56 Å². The van der Waals surface area contributed by atoms with Gasteiger partial charge in [-0.2, -0.15) is 0 Å². The molecule has 0 aliphatic rings. The summed E-state index contributed by atoms with van der Waals surface area (Å²) in [5.74, 6) is 0.707. The van der Waals surface area contributed by atoms with Crippen molar-refractivity contribution in [3.05, 3.63) is 33.3 Å². The number of hydrogen-bond acceptors (Lipinski definition) is 2. The zero-order chi connectivity index (χ0) is 12.7. The van der Waals surface area contributed by atoms with E-state index in [9.17, 15) is 0 Å². The van der Waals surface area contributed by atoms with Gasteiger partial charge < -0.3 is 10.6 Å². The molecule has 0 unspecified atom stereocenters. The molecule has 1 aromatic rings. The van der Waals surface area contributed by atoms with Crippen LogP contribution in [0.3, 0.4) is 0 Å². The molecule has 0 saturated heterocycles. The minimum absolute atomic E-state index is 0.707. The number of halogens is 2. The minimum atomic E-state index is 0.707. The molecule has 2 nitrogen and oxygen atoms in total. The smallest absolute Gasteiger partial charge is 0.0420 e. The van der Waals surface area contributed by atoms with Gasteiger partial charge in [0.05, 0.1) is 0 Å². The van der Waals surface area contributed by atoms with Crippen LogP contribution < -0.4 is 10.6 Å². The number of rotatable bonds is 7. The van der Waals surface area contributed by atoms with E-state index in [2.05, 4.69) is 46.5 Å². The Hall–Kier alpha value is -0.0900. The molecule has 1 rings (SSSR count). The molecule has 1 aromatic carbocycles. The van der Waals surface area contributed by atoms with Crippen molar-refractivity contribution in [1.29, 1.82) is 0 Å². The van der Waals surface area contributed by atoms with Crippen molar-refractivity contribution in [1.82, 2.24) is 10.6 Å². The molecule has 0 saturated carbocycles. The number of nitrogens with one attached hydrogen (secondary N) is 2. The fourth-order valence-corrected chi connectivity index (χ4v) is 2.44. The molecule has 4 heteroatoms. The van der Waals surface area contributed by atoms with Crippen molar-refractivity contribution in [3.63, 3.8) is 0 Å². The highest BCUT2D eigenvalue weighted by Crippen LogP contribution is 2.19. The van der Waals surface area contributed by atoms with Gasteiger partial charge in [-0.05, 0) is 36.2 Å². The summed E-state index contributed by atoms with van der Waals surface area (Å²) in [6.45, 7) is 8.32. The van der Waals surface area contributed by atoms with Gasteiger partial charge >= 0.3 is 0 Å². The summed E-state index contributed by atoms with van der Waals surface area (Å²) in [5.41, 5.74) is 1.20. The first-order chi connectivity index (χ1) is 8.08. The molecule has 0 spiro atoms. The summed E-state index contributed by atoms with van der Waals surface area (Å²) in [4.78, 5) is 0. The maximum atomic E-state index is 5.98. The van der Waals surface area contributed by atoms with Crippen LogP contribution in [0.1, 0.15) is 19.4 Å². The first-order valence-corrected chi connectivity index (χ1v) is 7.11. The zero-order valence-electron chi connectivity index (χ0n) is 10.4. The lowest BCUT2D eigenvalue weighted by atomic mass is 10.2. The van der Waals surface area contributed by atoms with Gasteiger partial charge in [-0.15, -0.1) is 0 Å². The lowest BCUT2D eigenvalue weighted by Crippen LogP contribution is -2.29. The van der Waals surface area contributed by atoms with E-state index in [0.717, 1.165) is 35.7 Å². The highest BCUT2D eigenvalue weighted by atomic mass is 79.9. The molecule has 0 aliphatic heterocycles. The molecule has 0 atom stereocenters. The van der Waals surface area contributed by atoms with Crippen LogP contribution in [0.4, 0.5) is 0 Å². The number of benzene rings is 1. The summed E-state index contributed by atoms with van der Waals surface area (Å²) >= 11 is 9.42. The zero-order valence-corrected chi connectivity index (χ0v) is 12.7. The fourth-order valence-electron chi connectivity index (χ4n) is 1.51. The van der Waals surface area contributed by atoms with Gasteiger partial charge in [-0.3, -0.25) is 0 Å². The average molecular weight is 320 g/mol. The highest BCUT2D eigenvalue weighted by molar-refractivity contribution is 9.10. The van der Waals surface area contributed by atoms with Crippen molar-refractivity contribution < 1.29 is 0 Å². The predicted octanol–water partition coefficient (Wildman–Crippen LogP) is 3.44. The van der Waals surface area contributed by atoms with Crippen LogP contribution in [0.5, 0.6) is 0 Å². The molecule has 0 amide bonds. The predicted molar refractivity (Wildman–Crippen MR) is 78.6 cm³/mol. The maximum Gasteiger partial charge on any atom is 0.0420 e. The Morgan fingerprint density at radius 1 is 1.18 bits per heavy atom. The van der Waals surface area contributed by atoms with Gasteiger partial charge in [0.2, 0.25) is 0 Å². The Morgan fingerprint density at radius 3 is 2.53 bits per heavy atom. The second-order valence-corrected chi connectivity index (χ2v) is 5.90. The minimum Gasteiger partial charge on any atom is -0.315 e. The molecular formula is C13H20BrClN2. The van der Waals surface area contributed by atoms with Crippen LogP contribution in [-0.4, -0.2) is 19.6 Å². The molecule has 0 heterocycles. The van der Waals surface area contributed by atoms with Crippen LogP contribution in [-0.2, 0) is 6.54 Å². The topological polar surface area (TPSA) is 24.1 Å². The third kappa shape index (κ3) is 7.04. The summed E-state index contributed by atoms with van der Waals surface area (Å²) in [7, 11) is 0. The molecule has 0 aromatic heterocycles. The molecule has 0 radical (unpaired) electrons. The first kappa shape index (κ1) is 15.0. The molecule has 0 fully saturated rings. The first-order valence-electron chi connectivity index (χ1n) is 5.94. The Kier molecular flexibility index (Phi) is 7.12. The standard InChI is InChI=1S/C13H20BrClN2/c1-10(2)8-16-3-4-17-9-11-5-12(14)7-13(15)6-11/h5-7,10,16-17H,3-4,8-9H2,1-2H3. The maximum absolute atomic E-state index is 5.98. The van der Waals surface area contributed by atoms with Crippen LogP contribution in [0, 0.1) is 5.92 Å². The quantitative estimate of drug-likeness (QED) is 0.752. The lowest BCUT2D eigenvalue weighted by molar-refractivity contribution is 0.535. The van der Waals surface area contributed by atoms with Crippen LogP contribution in [0.15, 0.2) is 22.7 Å². The summed E-state index contributed by atoms with van der Waals surface area (Å²) in [6.07, 6.45) is 0. The van der Waals surface area contributed by atoms with Gasteiger partial charge in [0.15, 0.2) is 0 Å². The summed E-state index contributed by atoms with van der Waals surface area (Å²) in [6, 6.07) is 5.97. The van der Waals surface area contributed by atoms with E-state index in [4.69, 9.17) is 11.6 Å². The van der Waals surface area contributed by atoms with Crippen molar-refractivity contribution in [2.45, 2.75) is 20.4 Å². The van der Waals surface area contributed by atoms with Gasteiger partial charge in [0, 0.05) is 29.1 Å². The molecule has 17 heavy (non-hydrogen) atoms. The Morgan fingerprint density at radius 2 is 1.88 bits per heavy atom. The summed E-state index contributed by atoms with van der Waals surface area (Å²) < 4.78 is 1.03. The van der Waals surface area contributed by atoms with Gasteiger partial charge in [0.25, 0.3) is 0 Å². The van der Waals surface area contributed by atoms with Crippen molar-refractivity contribution in [2.75, 3.05) is 19.6 Å². The molecule has 96 valence electrons. The second kappa shape index (κ2) is 8.09. The molecule has 2 N–H and O–H groups in total. The van der Waals surface area contributed by atoms with E-state index in [0.29, 0.717) is 5.92 Å². The van der Waals surface area contributed by atoms with E-state index in [1.54, 1.807) is 0 Å². The van der Waals surface area contributed by atoms with Crippen molar-refractivity contribution >= 4 is 27.5 Å². The van der Waals surface area contributed by atoms with Crippen LogP contribution in [0.2, 0.25) is 5.02 Å². The molecule has 0 aliphatic carbocycles. The van der Waals surface area contributed by atoms with E-state index in [-0.39, 0.29) is 0 Å². The lowest BCUT2D eigenvalue weighted by Gasteiger charge is -2.09. The molecular weight excluding hydrogens is 300 g/mol. The third-order valence-electron chi connectivity index (χ3n) is 2.28. The van der Waals surface area contributed by atoms with Crippen molar-refractivity contribution in [2.24, 2.45) is 5.92 Å². The largest absolute Gasteiger partial charge is 0.315 e. The summed E-state index contributed by atoms with van der Waals surface area (Å²) in [5, 5.41) is 7.56. The van der Waals surface area contributed by atoms with Crippen molar-refractivity contribution in [3.8, 4) is 0 Å². The highest BCUT2D eigenvalue weighted by Gasteiger charge is 1.98. The SMILES string of the molecule is CC(C)CNCCNCc1cc(Cl)cc(Br)c1. The second-order valence-electron chi connectivity index (χ2n) is 4.55. The fraction of sp³-hybridized carbons (Fsp3) is 0.538. The van der Waals surface area contributed by atoms with E-state index >= 15 is 0 Å². The Balaban J connectivity index is 2.18. The third-order valence-corrected chi connectivity index (χ3v) is 2.96. The normalized spacial score (nSPS) is 11.1. The molecule has 0 bridgehead atoms. The van der Waals surface area contributed by atoms with E-state index in [1.807, 2.05) is 12.1 Å². The average Bonchev–Trinajstić information content (AvgIpc) is 2.21. The van der Waals surface area contributed by atoms with E-state index < -0.39 is 0 Å². The van der Waals surface area contributed by atoms with Gasteiger partial charge in [-0.1, -0.05) is 41.4 Å².